The molecule has 0 aliphatic carbocycles. The predicted molar refractivity (Wildman–Crippen MR) is 118 cm³/mol. The van der Waals surface area contributed by atoms with Crippen LogP contribution in [0, 0.1) is 6.92 Å². The Bertz CT molecular complexity index is 1110. The highest BCUT2D eigenvalue weighted by atomic mass is 32.2. The van der Waals surface area contributed by atoms with Gasteiger partial charge in [0.05, 0.1) is 11.9 Å². The first kappa shape index (κ1) is 21.3. The fourth-order valence-corrected chi connectivity index (χ4v) is 4.85. The summed E-state index contributed by atoms with van der Waals surface area (Å²) in [5.41, 5.74) is 2.59. The van der Waals surface area contributed by atoms with Crippen LogP contribution in [0.15, 0.2) is 52.9 Å². The number of benzene rings is 2. The Morgan fingerprint density at radius 2 is 1.86 bits per heavy atom. The molecule has 0 radical (unpaired) electrons. The van der Waals surface area contributed by atoms with Crippen LogP contribution >= 0.6 is 23.1 Å². The fraction of sp³-hybridized carbons (Fsp3) is 0.211. The Morgan fingerprint density at radius 3 is 2.55 bits per heavy atom. The molecule has 0 aliphatic rings. The number of hydrogen-bond acceptors (Lipinski definition) is 7. The second-order valence-electron chi connectivity index (χ2n) is 6.28. The van der Waals surface area contributed by atoms with E-state index in [-0.39, 0.29) is 5.91 Å². The molecule has 2 aromatic carbocycles. The van der Waals surface area contributed by atoms with Gasteiger partial charge in [-0.05, 0) is 30.2 Å². The lowest BCUT2D eigenvalue weighted by molar-refractivity contribution is 0.102. The molecular weight excluding hydrogens is 428 g/mol. The summed E-state index contributed by atoms with van der Waals surface area (Å²) in [7, 11) is -1.97. The van der Waals surface area contributed by atoms with Gasteiger partial charge in [-0.1, -0.05) is 59.5 Å². The Morgan fingerprint density at radius 1 is 1.14 bits per heavy atom. The summed E-state index contributed by atoms with van der Waals surface area (Å²) in [5.74, 6) is 0.407. The Labute approximate surface area is 178 Å². The molecule has 3 aromatic rings. The molecule has 152 valence electrons. The van der Waals surface area contributed by atoms with Crippen LogP contribution in [0.1, 0.15) is 21.5 Å². The van der Waals surface area contributed by atoms with Gasteiger partial charge >= 0.3 is 0 Å². The zero-order valence-corrected chi connectivity index (χ0v) is 18.6. The van der Waals surface area contributed by atoms with Crippen molar-refractivity contribution < 1.29 is 13.2 Å². The van der Waals surface area contributed by atoms with Gasteiger partial charge in [0.15, 0.2) is 4.34 Å². The van der Waals surface area contributed by atoms with Gasteiger partial charge in [0, 0.05) is 18.4 Å². The van der Waals surface area contributed by atoms with Crippen molar-refractivity contribution in [1.29, 1.82) is 0 Å². The van der Waals surface area contributed by atoms with Gasteiger partial charge in [0.1, 0.15) is 0 Å². The van der Waals surface area contributed by atoms with E-state index in [0.717, 1.165) is 20.7 Å². The smallest absolute Gasteiger partial charge is 0.257 e. The van der Waals surface area contributed by atoms with E-state index in [2.05, 4.69) is 15.5 Å². The SMILES string of the molecule is Cc1c(C(=O)Nc2nnc(SCc3ccccc3)s2)cccc1N(C)S(C)(=O)=O. The number of carbonyl (C=O) groups excluding carboxylic acids is 1. The van der Waals surface area contributed by atoms with Crippen molar-refractivity contribution in [3.63, 3.8) is 0 Å². The molecule has 29 heavy (non-hydrogen) atoms. The van der Waals surface area contributed by atoms with Crippen molar-refractivity contribution in [2.24, 2.45) is 0 Å². The topological polar surface area (TPSA) is 92.3 Å². The van der Waals surface area contributed by atoms with Crippen LogP contribution in [-0.4, -0.2) is 37.8 Å². The number of nitrogens with zero attached hydrogens (tertiary/aromatic N) is 3. The Hall–Kier alpha value is -2.43. The van der Waals surface area contributed by atoms with E-state index in [1.54, 1.807) is 36.9 Å². The molecule has 7 nitrogen and oxygen atoms in total. The van der Waals surface area contributed by atoms with Crippen LogP contribution in [0.5, 0.6) is 0 Å². The lowest BCUT2D eigenvalue weighted by Gasteiger charge is -2.20. The summed E-state index contributed by atoms with van der Waals surface area (Å²) in [6, 6.07) is 15.0. The average Bonchev–Trinajstić information content (AvgIpc) is 3.13. The average molecular weight is 449 g/mol. The van der Waals surface area contributed by atoms with Crippen molar-refractivity contribution in [2.75, 3.05) is 22.9 Å². The normalized spacial score (nSPS) is 11.3. The molecule has 1 aromatic heterocycles. The zero-order valence-electron chi connectivity index (χ0n) is 16.1. The molecule has 0 bridgehead atoms. The number of anilines is 2. The number of thioether (sulfide) groups is 1. The fourth-order valence-electron chi connectivity index (χ4n) is 2.59. The van der Waals surface area contributed by atoms with E-state index in [4.69, 9.17) is 0 Å². The molecule has 1 N–H and O–H groups in total. The van der Waals surface area contributed by atoms with Gasteiger partial charge in [-0.15, -0.1) is 10.2 Å². The van der Waals surface area contributed by atoms with E-state index >= 15 is 0 Å². The zero-order chi connectivity index (χ0) is 21.0. The summed E-state index contributed by atoms with van der Waals surface area (Å²) < 4.78 is 25.6. The molecular formula is C19H20N4O3S3. The van der Waals surface area contributed by atoms with Gasteiger partial charge in [0.25, 0.3) is 5.91 Å². The van der Waals surface area contributed by atoms with E-state index in [9.17, 15) is 13.2 Å². The largest absolute Gasteiger partial charge is 0.296 e. The van der Waals surface area contributed by atoms with E-state index in [1.165, 1.54) is 23.9 Å². The Balaban J connectivity index is 1.70. The third-order valence-electron chi connectivity index (χ3n) is 4.22. The molecule has 0 saturated heterocycles. The first-order chi connectivity index (χ1) is 13.8. The summed E-state index contributed by atoms with van der Waals surface area (Å²) in [6.45, 7) is 1.72. The molecule has 0 aliphatic heterocycles. The highest BCUT2D eigenvalue weighted by molar-refractivity contribution is 8.00. The number of carbonyl (C=O) groups is 1. The maximum atomic E-state index is 12.7. The lowest BCUT2D eigenvalue weighted by Crippen LogP contribution is -2.26. The van der Waals surface area contributed by atoms with Crippen LogP contribution in [0.2, 0.25) is 0 Å². The molecule has 0 spiro atoms. The van der Waals surface area contributed by atoms with Crippen molar-refractivity contribution in [3.05, 3.63) is 65.2 Å². The molecule has 0 saturated carbocycles. The number of aromatic nitrogens is 2. The molecule has 1 heterocycles. The van der Waals surface area contributed by atoms with Gasteiger partial charge in [-0.25, -0.2) is 8.42 Å². The van der Waals surface area contributed by atoms with Crippen molar-refractivity contribution in [3.8, 4) is 0 Å². The maximum absolute atomic E-state index is 12.7. The van der Waals surface area contributed by atoms with E-state index in [1.807, 2.05) is 30.3 Å². The molecule has 0 unspecified atom stereocenters. The quantitative estimate of drug-likeness (QED) is 0.437. The number of rotatable bonds is 7. The predicted octanol–water partition coefficient (Wildman–Crippen LogP) is 3.79. The van der Waals surface area contributed by atoms with Gasteiger partial charge in [-0.2, -0.15) is 0 Å². The Kier molecular flexibility index (Phi) is 6.56. The monoisotopic (exact) mass is 448 g/mol. The van der Waals surface area contributed by atoms with Crippen molar-refractivity contribution in [1.82, 2.24) is 10.2 Å². The van der Waals surface area contributed by atoms with Crippen LogP contribution in [0.3, 0.4) is 0 Å². The third-order valence-corrected chi connectivity index (χ3v) is 7.45. The summed E-state index contributed by atoms with van der Waals surface area (Å²) >= 11 is 2.85. The highest BCUT2D eigenvalue weighted by Crippen LogP contribution is 2.29. The van der Waals surface area contributed by atoms with Crippen LogP contribution in [0.25, 0.3) is 0 Å². The first-order valence-corrected chi connectivity index (χ1v) is 12.3. The molecule has 0 atom stereocenters. The summed E-state index contributed by atoms with van der Waals surface area (Å²) in [5, 5.41) is 11.3. The minimum atomic E-state index is -3.43. The standard InChI is InChI=1S/C19H20N4O3S3/c1-13-15(10-7-11-16(13)23(2)29(3,25)26)17(24)20-18-21-22-19(28-18)27-12-14-8-5-4-6-9-14/h4-11H,12H2,1-3H3,(H,20,21,24). The number of sulfonamides is 1. The van der Waals surface area contributed by atoms with Crippen molar-refractivity contribution in [2.45, 2.75) is 17.0 Å². The maximum Gasteiger partial charge on any atom is 0.257 e. The lowest BCUT2D eigenvalue weighted by atomic mass is 10.1. The highest BCUT2D eigenvalue weighted by Gasteiger charge is 2.19. The molecule has 1 amide bonds. The first-order valence-electron chi connectivity index (χ1n) is 8.61. The number of amides is 1. The van der Waals surface area contributed by atoms with Gasteiger partial charge in [-0.3, -0.25) is 14.4 Å². The molecule has 3 rings (SSSR count). The van der Waals surface area contributed by atoms with Crippen LogP contribution in [0.4, 0.5) is 10.8 Å². The van der Waals surface area contributed by atoms with Gasteiger partial charge < -0.3 is 0 Å². The minimum absolute atomic E-state index is 0.359. The van der Waals surface area contributed by atoms with Crippen LogP contribution in [-0.2, 0) is 15.8 Å². The second-order valence-corrected chi connectivity index (χ2v) is 10.5. The third kappa shape index (κ3) is 5.34. The number of hydrogen-bond donors (Lipinski definition) is 1. The minimum Gasteiger partial charge on any atom is -0.296 e. The van der Waals surface area contributed by atoms with Crippen molar-refractivity contribution >= 4 is 49.8 Å². The number of nitrogens with one attached hydrogen (secondary N) is 1. The summed E-state index contributed by atoms with van der Waals surface area (Å²) in [4.78, 5) is 12.7. The second kappa shape index (κ2) is 8.93. The molecule has 10 heteroatoms. The summed E-state index contributed by atoms with van der Waals surface area (Å²) in [6.07, 6.45) is 1.12. The van der Waals surface area contributed by atoms with Gasteiger partial charge in [0.2, 0.25) is 15.2 Å². The van der Waals surface area contributed by atoms with Crippen LogP contribution < -0.4 is 9.62 Å². The molecule has 0 fully saturated rings. The van der Waals surface area contributed by atoms with E-state index < -0.39 is 10.0 Å². The van der Waals surface area contributed by atoms with E-state index in [0.29, 0.717) is 21.9 Å².